The Balaban J connectivity index is 2.02. The second-order valence-electron chi connectivity index (χ2n) is 5.13. The molecule has 0 saturated carbocycles. The number of nitrogens with one attached hydrogen (secondary N) is 2. The molecule has 3 aromatic rings. The van der Waals surface area contributed by atoms with Gasteiger partial charge in [0.2, 0.25) is 5.95 Å². The van der Waals surface area contributed by atoms with Gasteiger partial charge in [0.05, 0.1) is 22.4 Å². The van der Waals surface area contributed by atoms with Crippen molar-refractivity contribution in [2.75, 3.05) is 17.7 Å². The standard InChI is InChI=1S/C15H11ClF3N7/c1-20-7-26-12-8(5-23-26)11(4-3-10(12)16)24-14-22-6-9(15(17,18)19)13(21-2)25-14/h3-6H,7H2,2H3,(H2,21,22,24,25). The predicted molar refractivity (Wildman–Crippen MR) is 91.2 cm³/mol. The number of fused-ring (bicyclic) bond motifs is 1. The Kier molecular flexibility index (Phi) is 4.56. The maximum Gasteiger partial charge on any atom is 0.421 e. The molecule has 0 aliphatic rings. The fraction of sp³-hybridized carbons (Fsp3) is 0.200. The van der Waals surface area contributed by atoms with Crippen molar-refractivity contribution < 1.29 is 13.2 Å². The van der Waals surface area contributed by atoms with Crippen molar-refractivity contribution in [3.8, 4) is 0 Å². The molecule has 11 heteroatoms. The molecule has 3 rings (SSSR count). The zero-order valence-corrected chi connectivity index (χ0v) is 14.0. The normalized spacial score (nSPS) is 11.4. The summed E-state index contributed by atoms with van der Waals surface area (Å²) in [5.74, 6) is -0.368. The first-order valence-electron chi connectivity index (χ1n) is 7.21. The van der Waals surface area contributed by atoms with Crippen LogP contribution in [0.3, 0.4) is 0 Å². The van der Waals surface area contributed by atoms with Crippen molar-refractivity contribution in [1.29, 1.82) is 0 Å². The van der Waals surface area contributed by atoms with Crippen LogP contribution in [0.4, 0.5) is 30.6 Å². The summed E-state index contributed by atoms with van der Waals surface area (Å²) in [5.41, 5.74) is 0.0764. The van der Waals surface area contributed by atoms with Crippen molar-refractivity contribution >= 4 is 40.0 Å². The van der Waals surface area contributed by atoms with Gasteiger partial charge < -0.3 is 10.6 Å². The molecule has 2 N–H and O–H groups in total. The van der Waals surface area contributed by atoms with Gasteiger partial charge in [-0.15, -0.1) is 0 Å². The van der Waals surface area contributed by atoms with E-state index in [9.17, 15) is 13.2 Å². The highest BCUT2D eigenvalue weighted by molar-refractivity contribution is 6.35. The van der Waals surface area contributed by atoms with Gasteiger partial charge in [-0.2, -0.15) is 27.9 Å². The Morgan fingerprint density at radius 3 is 2.73 bits per heavy atom. The van der Waals surface area contributed by atoms with E-state index in [0.717, 1.165) is 0 Å². The summed E-state index contributed by atoms with van der Waals surface area (Å²) in [5, 5.41) is 10.4. The van der Waals surface area contributed by atoms with Gasteiger partial charge in [-0.1, -0.05) is 11.6 Å². The molecule has 0 unspecified atom stereocenters. The van der Waals surface area contributed by atoms with E-state index in [1.165, 1.54) is 17.9 Å². The molecule has 0 aliphatic heterocycles. The smallest absolute Gasteiger partial charge is 0.372 e. The Labute approximate surface area is 150 Å². The number of benzene rings is 1. The molecule has 134 valence electrons. The fourth-order valence-corrected chi connectivity index (χ4v) is 2.67. The molecule has 0 amide bonds. The number of halogens is 4. The van der Waals surface area contributed by atoms with E-state index in [1.807, 2.05) is 0 Å². The van der Waals surface area contributed by atoms with Gasteiger partial charge in [-0.3, -0.25) is 4.85 Å². The minimum absolute atomic E-state index is 0.00659. The SMILES string of the molecule is [C-]#[N+]Cn1ncc2c(Nc3ncc(C(F)(F)F)c(NC)n3)ccc(Cl)c21. The average Bonchev–Trinajstić information content (AvgIpc) is 3.01. The lowest BCUT2D eigenvalue weighted by Crippen LogP contribution is -2.12. The monoisotopic (exact) mass is 381 g/mol. The average molecular weight is 382 g/mol. The minimum Gasteiger partial charge on any atom is -0.372 e. The van der Waals surface area contributed by atoms with E-state index in [-0.39, 0.29) is 18.4 Å². The maximum absolute atomic E-state index is 12.9. The molecule has 0 bridgehead atoms. The van der Waals surface area contributed by atoms with Crippen molar-refractivity contribution in [1.82, 2.24) is 19.7 Å². The molecule has 0 saturated heterocycles. The van der Waals surface area contributed by atoms with Crippen LogP contribution in [0.15, 0.2) is 24.5 Å². The first-order valence-corrected chi connectivity index (χ1v) is 7.59. The molecule has 0 radical (unpaired) electrons. The summed E-state index contributed by atoms with van der Waals surface area (Å²) in [6.45, 7) is 6.95. The zero-order chi connectivity index (χ0) is 18.9. The maximum atomic E-state index is 12.9. The lowest BCUT2D eigenvalue weighted by atomic mass is 10.2. The summed E-state index contributed by atoms with van der Waals surface area (Å²) in [6, 6.07) is 3.23. The van der Waals surface area contributed by atoms with Crippen molar-refractivity contribution in [2.45, 2.75) is 12.8 Å². The number of rotatable bonds is 4. The summed E-state index contributed by atoms with van der Waals surface area (Å²) >= 11 is 6.18. The molecular formula is C15H11ClF3N7. The topological polar surface area (TPSA) is 72.0 Å². The molecule has 2 heterocycles. The quantitative estimate of drug-likeness (QED) is 0.664. The van der Waals surface area contributed by atoms with Gasteiger partial charge in [0.1, 0.15) is 11.4 Å². The van der Waals surface area contributed by atoms with Crippen LogP contribution in [-0.2, 0) is 12.8 Å². The van der Waals surface area contributed by atoms with Crippen LogP contribution in [-0.4, -0.2) is 26.8 Å². The Morgan fingerprint density at radius 2 is 2.08 bits per heavy atom. The zero-order valence-electron chi connectivity index (χ0n) is 13.3. The van der Waals surface area contributed by atoms with E-state index >= 15 is 0 Å². The summed E-state index contributed by atoms with van der Waals surface area (Å²) < 4.78 is 40.2. The third kappa shape index (κ3) is 3.21. The van der Waals surface area contributed by atoms with Crippen molar-refractivity contribution in [2.24, 2.45) is 0 Å². The van der Waals surface area contributed by atoms with Crippen LogP contribution < -0.4 is 10.6 Å². The Hall–Kier alpha value is -3.06. The molecule has 0 spiro atoms. The number of hydrogen-bond donors (Lipinski definition) is 2. The van der Waals surface area contributed by atoms with Gasteiger partial charge in [0.25, 0.3) is 0 Å². The lowest BCUT2D eigenvalue weighted by molar-refractivity contribution is -0.137. The third-order valence-corrected chi connectivity index (χ3v) is 3.84. The van der Waals surface area contributed by atoms with Crippen LogP contribution in [0.25, 0.3) is 15.7 Å². The molecule has 0 fully saturated rings. The van der Waals surface area contributed by atoms with E-state index in [0.29, 0.717) is 27.8 Å². The highest BCUT2D eigenvalue weighted by atomic mass is 35.5. The van der Waals surface area contributed by atoms with Crippen LogP contribution >= 0.6 is 11.6 Å². The van der Waals surface area contributed by atoms with Gasteiger partial charge in [0.15, 0.2) is 0 Å². The fourth-order valence-electron chi connectivity index (χ4n) is 2.40. The third-order valence-electron chi connectivity index (χ3n) is 3.53. The summed E-state index contributed by atoms with van der Waals surface area (Å²) in [4.78, 5) is 10.9. The van der Waals surface area contributed by atoms with Crippen LogP contribution in [0.2, 0.25) is 5.02 Å². The van der Waals surface area contributed by atoms with Gasteiger partial charge in [-0.05, 0) is 12.1 Å². The second-order valence-corrected chi connectivity index (χ2v) is 5.54. The Bertz CT molecular complexity index is 1010. The van der Waals surface area contributed by atoms with Gasteiger partial charge in [-0.25, -0.2) is 11.6 Å². The first-order chi connectivity index (χ1) is 12.3. The molecule has 0 aliphatic carbocycles. The first kappa shape index (κ1) is 17.8. The number of aromatic nitrogens is 4. The van der Waals surface area contributed by atoms with E-state index in [1.54, 1.807) is 12.1 Å². The second kappa shape index (κ2) is 6.68. The number of nitrogens with zero attached hydrogens (tertiary/aromatic N) is 5. The summed E-state index contributed by atoms with van der Waals surface area (Å²) in [7, 11) is 1.34. The molecule has 1 aromatic carbocycles. The van der Waals surface area contributed by atoms with Crippen LogP contribution in [0, 0.1) is 6.57 Å². The number of anilines is 3. The van der Waals surface area contributed by atoms with E-state index in [4.69, 9.17) is 18.2 Å². The molecule has 0 atom stereocenters. The van der Waals surface area contributed by atoms with Crippen LogP contribution in [0.5, 0.6) is 0 Å². The van der Waals surface area contributed by atoms with Gasteiger partial charge >= 0.3 is 12.8 Å². The van der Waals surface area contributed by atoms with Crippen molar-refractivity contribution in [3.63, 3.8) is 0 Å². The molecule has 26 heavy (non-hydrogen) atoms. The van der Waals surface area contributed by atoms with E-state index in [2.05, 4.69) is 30.5 Å². The largest absolute Gasteiger partial charge is 0.421 e. The Morgan fingerprint density at radius 1 is 1.31 bits per heavy atom. The number of alkyl halides is 3. The van der Waals surface area contributed by atoms with E-state index < -0.39 is 11.7 Å². The predicted octanol–water partition coefficient (Wildman–Crippen LogP) is 4.16. The molecule has 7 nitrogen and oxygen atoms in total. The molecular weight excluding hydrogens is 371 g/mol. The minimum atomic E-state index is -4.56. The lowest BCUT2D eigenvalue weighted by Gasteiger charge is -2.13. The van der Waals surface area contributed by atoms with Crippen LogP contribution in [0.1, 0.15) is 5.56 Å². The van der Waals surface area contributed by atoms with Gasteiger partial charge in [0, 0.05) is 18.6 Å². The highest BCUT2D eigenvalue weighted by Gasteiger charge is 2.35. The number of hydrogen-bond acceptors (Lipinski definition) is 5. The van der Waals surface area contributed by atoms with Crippen molar-refractivity contribution in [3.05, 3.63) is 46.5 Å². The molecule has 2 aromatic heterocycles. The summed E-state index contributed by atoms with van der Waals surface area (Å²) in [6.07, 6.45) is -2.35. The highest BCUT2D eigenvalue weighted by Crippen LogP contribution is 2.35.